The van der Waals surface area contributed by atoms with Gasteiger partial charge in [0.1, 0.15) is 23.5 Å². The maximum atomic E-state index is 13.3. The van der Waals surface area contributed by atoms with E-state index in [-0.39, 0.29) is 17.2 Å². The summed E-state index contributed by atoms with van der Waals surface area (Å²) in [4.78, 5) is 18.4. The zero-order valence-corrected chi connectivity index (χ0v) is 11.1. The fraction of sp³-hybridized carbons (Fsp3) is 0. The number of rotatable bonds is 3. The fourth-order valence-electron chi connectivity index (χ4n) is 1.31. The number of aromatic carboxylic acids is 1. The molecule has 7 heteroatoms. The number of carbonyl (C=O) groups is 1. The summed E-state index contributed by atoms with van der Waals surface area (Å²) in [7, 11) is 0. The monoisotopic (exact) mass is 359 g/mol. The van der Waals surface area contributed by atoms with Crippen LogP contribution in [0.1, 0.15) is 10.4 Å². The Balaban J connectivity index is 2.40. The minimum atomic E-state index is -1.15. The predicted octanol–water partition coefficient (Wildman–Crippen LogP) is 2.66. The summed E-state index contributed by atoms with van der Waals surface area (Å²) >= 11 is 1.83. The number of anilines is 2. The lowest BCUT2D eigenvalue weighted by Gasteiger charge is -2.09. The van der Waals surface area contributed by atoms with Crippen molar-refractivity contribution in [1.82, 2.24) is 9.97 Å². The average Bonchev–Trinajstić information content (AvgIpc) is 2.35. The fourth-order valence-corrected chi connectivity index (χ4v) is 1.81. The molecule has 0 bridgehead atoms. The van der Waals surface area contributed by atoms with E-state index in [2.05, 4.69) is 15.3 Å². The van der Waals surface area contributed by atoms with Gasteiger partial charge in [-0.3, -0.25) is 0 Å². The molecular weight excluding hydrogens is 352 g/mol. The Hall–Kier alpha value is -1.77. The molecule has 0 aliphatic carbocycles. The van der Waals surface area contributed by atoms with Crippen molar-refractivity contribution in [2.24, 2.45) is 0 Å². The molecule has 2 N–H and O–H groups in total. The third kappa shape index (κ3) is 2.55. The molecule has 1 aromatic heterocycles. The second-order valence-electron chi connectivity index (χ2n) is 3.32. The molecule has 0 radical (unpaired) electrons. The number of hydrogen-bond acceptors (Lipinski definition) is 4. The first-order valence-electron chi connectivity index (χ1n) is 4.84. The summed E-state index contributed by atoms with van der Waals surface area (Å²) in [5, 5.41) is 11.8. The van der Waals surface area contributed by atoms with Crippen LogP contribution in [0.3, 0.4) is 0 Å². The Bertz CT molecular complexity index is 607. The van der Waals surface area contributed by atoms with Crippen LogP contribution in [0.25, 0.3) is 0 Å². The number of carboxylic acids is 1. The third-order valence-corrected chi connectivity index (χ3v) is 3.24. The number of aromatic nitrogens is 2. The highest BCUT2D eigenvalue weighted by molar-refractivity contribution is 14.1. The van der Waals surface area contributed by atoms with Gasteiger partial charge >= 0.3 is 5.97 Å². The van der Waals surface area contributed by atoms with Gasteiger partial charge in [-0.25, -0.2) is 19.2 Å². The van der Waals surface area contributed by atoms with E-state index in [0.717, 1.165) is 0 Å². The molecule has 0 aliphatic rings. The van der Waals surface area contributed by atoms with Crippen LogP contribution >= 0.6 is 22.6 Å². The molecule has 2 rings (SSSR count). The molecule has 0 atom stereocenters. The van der Waals surface area contributed by atoms with Crippen molar-refractivity contribution in [1.29, 1.82) is 0 Å². The molecule has 0 spiro atoms. The molecule has 0 unspecified atom stereocenters. The number of nitrogens with zero attached hydrogens (tertiary/aromatic N) is 2. The smallest absolute Gasteiger partial charge is 0.341 e. The van der Waals surface area contributed by atoms with Crippen LogP contribution in [0.2, 0.25) is 0 Å². The lowest BCUT2D eigenvalue weighted by atomic mass is 10.2. The van der Waals surface area contributed by atoms with E-state index >= 15 is 0 Å². The molecule has 0 saturated carbocycles. The first-order valence-corrected chi connectivity index (χ1v) is 5.92. The predicted molar refractivity (Wildman–Crippen MR) is 71.4 cm³/mol. The van der Waals surface area contributed by atoms with Crippen LogP contribution in [0.5, 0.6) is 0 Å². The van der Waals surface area contributed by atoms with Gasteiger partial charge in [-0.2, -0.15) is 0 Å². The summed E-state index contributed by atoms with van der Waals surface area (Å²) in [6, 6.07) is 4.49. The highest BCUT2D eigenvalue weighted by Crippen LogP contribution is 2.25. The summed E-state index contributed by atoms with van der Waals surface area (Å²) in [5.74, 6) is -1.41. The number of nitrogens with one attached hydrogen (secondary N) is 1. The zero-order chi connectivity index (χ0) is 13.1. The number of hydrogen-bond donors (Lipinski definition) is 2. The molecule has 0 fully saturated rings. The second kappa shape index (κ2) is 5.25. The highest BCUT2D eigenvalue weighted by Gasteiger charge is 2.13. The topological polar surface area (TPSA) is 75.1 Å². The minimum absolute atomic E-state index is 0.0717. The van der Waals surface area contributed by atoms with Crippen LogP contribution in [0, 0.1) is 9.39 Å². The van der Waals surface area contributed by atoms with Crippen LogP contribution in [-0.2, 0) is 0 Å². The van der Waals surface area contributed by atoms with Crippen molar-refractivity contribution in [2.45, 2.75) is 0 Å². The Morgan fingerprint density at radius 3 is 2.94 bits per heavy atom. The molecule has 0 amide bonds. The summed E-state index contributed by atoms with van der Waals surface area (Å²) in [5.41, 5.74) is 0.384. The van der Waals surface area contributed by atoms with Crippen molar-refractivity contribution in [3.05, 3.63) is 45.7 Å². The van der Waals surface area contributed by atoms with Gasteiger partial charge in [0, 0.05) is 6.20 Å². The van der Waals surface area contributed by atoms with Crippen molar-refractivity contribution in [3.63, 3.8) is 0 Å². The first kappa shape index (κ1) is 12.7. The second-order valence-corrected chi connectivity index (χ2v) is 4.40. The molecule has 2 aromatic rings. The average molecular weight is 359 g/mol. The molecule has 1 aromatic carbocycles. The number of halogens is 2. The van der Waals surface area contributed by atoms with Gasteiger partial charge in [0.25, 0.3) is 0 Å². The third-order valence-electron chi connectivity index (χ3n) is 2.15. The van der Waals surface area contributed by atoms with E-state index in [4.69, 9.17) is 5.11 Å². The maximum Gasteiger partial charge on any atom is 0.341 e. The van der Waals surface area contributed by atoms with E-state index in [9.17, 15) is 9.18 Å². The van der Waals surface area contributed by atoms with Gasteiger partial charge < -0.3 is 10.4 Å². The molecule has 0 saturated heterocycles. The molecule has 1 heterocycles. The SMILES string of the molecule is O=C(O)c1cncnc1Nc1cccc(F)c1I. The number of carboxylic acid groups (broad SMARTS) is 1. The van der Waals surface area contributed by atoms with Crippen molar-refractivity contribution >= 4 is 40.1 Å². The first-order chi connectivity index (χ1) is 8.59. The van der Waals surface area contributed by atoms with Crippen LogP contribution in [0.4, 0.5) is 15.9 Å². The normalized spacial score (nSPS) is 10.1. The Kier molecular flexibility index (Phi) is 3.70. The van der Waals surface area contributed by atoms with Gasteiger partial charge in [0.2, 0.25) is 0 Å². The molecule has 92 valence electrons. The Morgan fingerprint density at radius 2 is 2.22 bits per heavy atom. The van der Waals surface area contributed by atoms with E-state index in [1.54, 1.807) is 6.07 Å². The molecule has 5 nitrogen and oxygen atoms in total. The van der Waals surface area contributed by atoms with E-state index in [0.29, 0.717) is 9.26 Å². The molecule has 0 aliphatic heterocycles. The quantitative estimate of drug-likeness (QED) is 0.825. The van der Waals surface area contributed by atoms with E-state index < -0.39 is 5.97 Å². The summed E-state index contributed by atoms with van der Waals surface area (Å²) in [6.45, 7) is 0. The highest BCUT2D eigenvalue weighted by atomic mass is 127. The van der Waals surface area contributed by atoms with Crippen molar-refractivity contribution in [3.8, 4) is 0 Å². The standard InChI is InChI=1S/C11H7FIN3O2/c12-7-2-1-3-8(9(7)13)16-10-6(11(17)18)4-14-5-15-10/h1-5H,(H,17,18)(H,14,15,16). The van der Waals surface area contributed by atoms with Gasteiger partial charge in [0.15, 0.2) is 0 Å². The minimum Gasteiger partial charge on any atom is -0.477 e. The summed E-state index contributed by atoms with van der Waals surface area (Å²) < 4.78 is 13.7. The lowest BCUT2D eigenvalue weighted by Crippen LogP contribution is -2.06. The van der Waals surface area contributed by atoms with E-state index in [1.807, 2.05) is 22.6 Å². The lowest BCUT2D eigenvalue weighted by molar-refractivity contribution is 0.0697. The van der Waals surface area contributed by atoms with Gasteiger partial charge in [-0.15, -0.1) is 0 Å². The van der Waals surface area contributed by atoms with Crippen molar-refractivity contribution < 1.29 is 14.3 Å². The zero-order valence-electron chi connectivity index (χ0n) is 8.89. The largest absolute Gasteiger partial charge is 0.477 e. The number of benzene rings is 1. The van der Waals surface area contributed by atoms with Gasteiger partial charge in [-0.1, -0.05) is 6.07 Å². The Labute approximate surface area is 115 Å². The Morgan fingerprint density at radius 1 is 1.44 bits per heavy atom. The summed E-state index contributed by atoms with van der Waals surface area (Å²) in [6.07, 6.45) is 2.41. The van der Waals surface area contributed by atoms with Gasteiger partial charge in [-0.05, 0) is 34.7 Å². The maximum absolute atomic E-state index is 13.3. The van der Waals surface area contributed by atoms with Crippen LogP contribution < -0.4 is 5.32 Å². The molecular formula is C11H7FIN3O2. The van der Waals surface area contributed by atoms with Gasteiger partial charge in [0.05, 0.1) is 9.26 Å². The van der Waals surface area contributed by atoms with Crippen LogP contribution in [0.15, 0.2) is 30.7 Å². The van der Waals surface area contributed by atoms with Crippen LogP contribution in [-0.4, -0.2) is 21.0 Å². The van der Waals surface area contributed by atoms with E-state index in [1.165, 1.54) is 24.7 Å². The van der Waals surface area contributed by atoms with Crippen molar-refractivity contribution in [2.75, 3.05) is 5.32 Å². The molecule has 18 heavy (non-hydrogen) atoms.